The highest BCUT2D eigenvalue weighted by Gasteiger charge is 2.25. The predicted molar refractivity (Wildman–Crippen MR) is 90.5 cm³/mol. The minimum atomic E-state index is 0.325. The zero-order valence-corrected chi connectivity index (χ0v) is 14.0. The van der Waals surface area contributed by atoms with Crippen molar-refractivity contribution < 1.29 is 4.74 Å². The number of nitrogens with one attached hydrogen (secondary N) is 1. The number of pyridine rings is 2. The number of piperazine rings is 1. The van der Waals surface area contributed by atoms with Crippen molar-refractivity contribution in [1.29, 1.82) is 0 Å². The SMILES string of the molecule is COc1c(C)cnc(CN2CCNCC2c2cccnc2)c1C. The standard InChI is InChI=1S/C18H24N4O/c1-13-9-21-16(14(2)18(13)23-3)12-22-8-7-20-11-17(22)15-5-4-6-19-10-15/h4-6,9-10,17,20H,7-8,11-12H2,1-3H3. The Labute approximate surface area is 137 Å². The first-order valence-electron chi connectivity index (χ1n) is 8.04. The second-order valence-electron chi connectivity index (χ2n) is 6.02. The summed E-state index contributed by atoms with van der Waals surface area (Å²) in [6, 6.07) is 4.47. The lowest BCUT2D eigenvalue weighted by Gasteiger charge is -2.36. The Morgan fingerprint density at radius 2 is 2.22 bits per heavy atom. The number of aromatic nitrogens is 2. The third-order valence-corrected chi connectivity index (χ3v) is 4.53. The first-order valence-corrected chi connectivity index (χ1v) is 8.04. The predicted octanol–water partition coefficient (Wildman–Crippen LogP) is 2.25. The van der Waals surface area contributed by atoms with Crippen LogP contribution in [0, 0.1) is 13.8 Å². The van der Waals surface area contributed by atoms with Crippen LogP contribution in [0.25, 0.3) is 0 Å². The maximum Gasteiger partial charge on any atom is 0.128 e. The second-order valence-corrected chi connectivity index (χ2v) is 6.02. The monoisotopic (exact) mass is 312 g/mol. The molecule has 0 bridgehead atoms. The molecule has 3 rings (SSSR count). The lowest BCUT2D eigenvalue weighted by Crippen LogP contribution is -2.45. The summed E-state index contributed by atoms with van der Waals surface area (Å²) in [7, 11) is 1.72. The van der Waals surface area contributed by atoms with Crippen molar-refractivity contribution in [1.82, 2.24) is 20.2 Å². The third kappa shape index (κ3) is 3.35. The van der Waals surface area contributed by atoms with Gasteiger partial charge in [0.15, 0.2) is 0 Å². The fourth-order valence-corrected chi connectivity index (χ4v) is 3.26. The average Bonchev–Trinajstić information content (AvgIpc) is 2.59. The highest BCUT2D eigenvalue weighted by molar-refractivity contribution is 5.41. The average molecular weight is 312 g/mol. The molecule has 0 spiro atoms. The van der Waals surface area contributed by atoms with E-state index in [0.29, 0.717) is 6.04 Å². The van der Waals surface area contributed by atoms with E-state index < -0.39 is 0 Å². The van der Waals surface area contributed by atoms with Crippen LogP contribution in [0.1, 0.15) is 28.4 Å². The number of aryl methyl sites for hydroxylation is 1. The van der Waals surface area contributed by atoms with E-state index >= 15 is 0 Å². The van der Waals surface area contributed by atoms with Crippen molar-refractivity contribution in [3.8, 4) is 5.75 Å². The third-order valence-electron chi connectivity index (χ3n) is 4.53. The molecule has 3 heterocycles. The molecule has 2 aromatic rings. The van der Waals surface area contributed by atoms with E-state index in [1.807, 2.05) is 31.6 Å². The van der Waals surface area contributed by atoms with Crippen LogP contribution >= 0.6 is 0 Å². The molecule has 122 valence electrons. The molecule has 5 heteroatoms. The van der Waals surface area contributed by atoms with Gasteiger partial charge in [0.25, 0.3) is 0 Å². The summed E-state index contributed by atoms with van der Waals surface area (Å²) in [6.45, 7) is 7.88. The molecule has 0 aromatic carbocycles. The summed E-state index contributed by atoms with van der Waals surface area (Å²) in [5.41, 5.74) is 4.55. The van der Waals surface area contributed by atoms with Crippen molar-refractivity contribution in [2.24, 2.45) is 0 Å². The number of methoxy groups -OCH3 is 1. The van der Waals surface area contributed by atoms with Crippen LogP contribution in [-0.2, 0) is 6.54 Å². The van der Waals surface area contributed by atoms with Gasteiger partial charge in [0.1, 0.15) is 5.75 Å². The molecule has 1 unspecified atom stereocenters. The molecule has 1 aliphatic heterocycles. The van der Waals surface area contributed by atoms with Gasteiger partial charge in [-0.2, -0.15) is 0 Å². The zero-order valence-electron chi connectivity index (χ0n) is 14.0. The quantitative estimate of drug-likeness (QED) is 0.938. The molecule has 2 aromatic heterocycles. The van der Waals surface area contributed by atoms with Gasteiger partial charge in [0.2, 0.25) is 0 Å². The maximum absolute atomic E-state index is 5.54. The molecule has 1 N–H and O–H groups in total. The van der Waals surface area contributed by atoms with Crippen LogP contribution in [0.2, 0.25) is 0 Å². The Morgan fingerprint density at radius 3 is 2.96 bits per heavy atom. The van der Waals surface area contributed by atoms with Gasteiger partial charge < -0.3 is 10.1 Å². The number of hydrogen-bond donors (Lipinski definition) is 1. The molecule has 0 saturated carbocycles. The second kappa shape index (κ2) is 7.06. The minimum Gasteiger partial charge on any atom is -0.496 e. The van der Waals surface area contributed by atoms with E-state index in [0.717, 1.165) is 48.7 Å². The first kappa shape index (κ1) is 15.9. The Hall–Kier alpha value is -1.98. The zero-order chi connectivity index (χ0) is 16.2. The number of rotatable bonds is 4. The summed E-state index contributed by atoms with van der Waals surface area (Å²) in [5, 5.41) is 3.48. The number of hydrogen-bond acceptors (Lipinski definition) is 5. The van der Waals surface area contributed by atoms with Crippen molar-refractivity contribution in [3.63, 3.8) is 0 Å². The summed E-state index contributed by atoms with van der Waals surface area (Å²) in [4.78, 5) is 11.4. The van der Waals surface area contributed by atoms with E-state index in [2.05, 4.69) is 33.2 Å². The summed E-state index contributed by atoms with van der Waals surface area (Å²) in [5.74, 6) is 0.947. The normalized spacial score (nSPS) is 18.8. The summed E-state index contributed by atoms with van der Waals surface area (Å²) >= 11 is 0. The van der Waals surface area contributed by atoms with Gasteiger partial charge in [-0.1, -0.05) is 6.07 Å². The van der Waals surface area contributed by atoms with Crippen LogP contribution in [-0.4, -0.2) is 41.6 Å². The van der Waals surface area contributed by atoms with E-state index in [-0.39, 0.29) is 0 Å². The van der Waals surface area contributed by atoms with Crippen LogP contribution in [0.4, 0.5) is 0 Å². The maximum atomic E-state index is 5.54. The van der Waals surface area contributed by atoms with Crippen LogP contribution in [0.15, 0.2) is 30.7 Å². The Morgan fingerprint density at radius 1 is 1.35 bits per heavy atom. The number of ether oxygens (including phenoxy) is 1. The first-order chi connectivity index (χ1) is 11.2. The molecule has 5 nitrogen and oxygen atoms in total. The van der Waals surface area contributed by atoms with E-state index in [1.54, 1.807) is 7.11 Å². The van der Waals surface area contributed by atoms with E-state index in [9.17, 15) is 0 Å². The van der Waals surface area contributed by atoms with Crippen LogP contribution in [0.5, 0.6) is 5.75 Å². The van der Waals surface area contributed by atoms with Gasteiger partial charge >= 0.3 is 0 Å². The highest BCUT2D eigenvalue weighted by Crippen LogP contribution is 2.28. The summed E-state index contributed by atoms with van der Waals surface area (Å²) in [6.07, 6.45) is 5.68. The molecular weight excluding hydrogens is 288 g/mol. The molecule has 1 saturated heterocycles. The molecule has 1 aliphatic rings. The van der Waals surface area contributed by atoms with Gasteiger partial charge in [-0.05, 0) is 25.5 Å². The lowest BCUT2D eigenvalue weighted by atomic mass is 10.0. The Balaban J connectivity index is 1.86. The smallest absolute Gasteiger partial charge is 0.128 e. The van der Waals surface area contributed by atoms with Crippen LogP contribution in [0.3, 0.4) is 0 Å². The van der Waals surface area contributed by atoms with Gasteiger partial charge in [0, 0.05) is 61.9 Å². The fourth-order valence-electron chi connectivity index (χ4n) is 3.26. The van der Waals surface area contributed by atoms with Gasteiger partial charge in [0.05, 0.1) is 12.8 Å². The van der Waals surface area contributed by atoms with Crippen molar-refractivity contribution in [3.05, 3.63) is 53.1 Å². The van der Waals surface area contributed by atoms with E-state index in [1.165, 1.54) is 5.56 Å². The van der Waals surface area contributed by atoms with Crippen molar-refractivity contribution in [2.75, 3.05) is 26.7 Å². The molecule has 0 aliphatic carbocycles. The lowest BCUT2D eigenvalue weighted by molar-refractivity contribution is 0.151. The molecule has 1 fully saturated rings. The van der Waals surface area contributed by atoms with E-state index in [4.69, 9.17) is 4.74 Å². The van der Waals surface area contributed by atoms with Gasteiger partial charge in [-0.25, -0.2) is 0 Å². The number of nitrogens with zero attached hydrogens (tertiary/aromatic N) is 3. The molecule has 23 heavy (non-hydrogen) atoms. The Kier molecular flexibility index (Phi) is 4.88. The molecular formula is C18H24N4O. The van der Waals surface area contributed by atoms with Crippen molar-refractivity contribution >= 4 is 0 Å². The topological polar surface area (TPSA) is 50.3 Å². The fraction of sp³-hybridized carbons (Fsp3) is 0.444. The summed E-state index contributed by atoms with van der Waals surface area (Å²) < 4.78 is 5.54. The minimum absolute atomic E-state index is 0.325. The molecule has 0 radical (unpaired) electrons. The molecule has 1 atom stereocenters. The highest BCUT2D eigenvalue weighted by atomic mass is 16.5. The van der Waals surface area contributed by atoms with Gasteiger partial charge in [-0.3, -0.25) is 14.9 Å². The Bertz CT molecular complexity index is 660. The largest absolute Gasteiger partial charge is 0.496 e. The van der Waals surface area contributed by atoms with Gasteiger partial charge in [-0.15, -0.1) is 0 Å². The molecule has 0 amide bonds. The van der Waals surface area contributed by atoms with Crippen LogP contribution < -0.4 is 10.1 Å². The van der Waals surface area contributed by atoms with Crippen molar-refractivity contribution in [2.45, 2.75) is 26.4 Å².